The number of para-hydroxylation sites is 4. The van der Waals surface area contributed by atoms with E-state index in [1.807, 2.05) is 42.5 Å². The van der Waals surface area contributed by atoms with Gasteiger partial charge in [-0.05, 0) is 49.7 Å². The van der Waals surface area contributed by atoms with Crippen LogP contribution in [0.15, 0.2) is 65.5 Å². The van der Waals surface area contributed by atoms with Crippen molar-refractivity contribution < 1.29 is 14.2 Å². The normalized spacial score (nSPS) is 16.3. The maximum Gasteiger partial charge on any atom is 0.266 e. The number of aromatic nitrogens is 2. The monoisotopic (exact) mass is 590 g/mol. The number of hydrogen-bond donors (Lipinski definition) is 0. The number of methoxy groups -OCH3 is 2. The molecule has 0 saturated carbocycles. The van der Waals surface area contributed by atoms with Crippen molar-refractivity contribution in [2.75, 3.05) is 96.1 Å². The molecule has 2 aliphatic rings. The molecule has 0 unspecified atom stereocenters. The fraction of sp³-hybridized carbons (Fsp3) is 0.515. The van der Waals surface area contributed by atoms with Gasteiger partial charge < -0.3 is 24.0 Å². The van der Waals surface area contributed by atoms with Crippen LogP contribution in [0.25, 0.3) is 0 Å². The second-order valence-electron chi connectivity index (χ2n) is 11.1. The van der Waals surface area contributed by atoms with Gasteiger partial charge in [-0.3, -0.25) is 14.6 Å². The number of unbranched alkanes of at least 4 members (excludes halogenated alkanes) is 2. The molecule has 2 aromatic carbocycles. The zero-order valence-electron chi connectivity index (χ0n) is 25.7. The number of ether oxygens (including phenoxy) is 3. The number of anilines is 2. The third kappa shape index (κ3) is 8.42. The molecule has 2 saturated heterocycles. The summed E-state index contributed by atoms with van der Waals surface area (Å²) in [7, 11) is 3.40. The lowest BCUT2D eigenvalue weighted by atomic mass is 10.2. The molecule has 1 aromatic heterocycles. The molecule has 43 heavy (non-hydrogen) atoms. The van der Waals surface area contributed by atoms with E-state index in [2.05, 4.69) is 31.7 Å². The van der Waals surface area contributed by atoms with Crippen molar-refractivity contribution in [3.05, 3.63) is 71.0 Å². The first-order chi connectivity index (χ1) is 21.1. The Kier molecular flexibility index (Phi) is 11.2. The van der Waals surface area contributed by atoms with E-state index in [4.69, 9.17) is 19.3 Å². The first-order valence-electron chi connectivity index (χ1n) is 15.6. The largest absolute Gasteiger partial charge is 0.495 e. The van der Waals surface area contributed by atoms with Crippen LogP contribution in [0.1, 0.15) is 19.3 Å². The highest BCUT2D eigenvalue weighted by atomic mass is 16.5. The average Bonchev–Trinajstić information content (AvgIpc) is 3.06. The Morgan fingerprint density at radius 1 is 0.628 bits per heavy atom. The maximum absolute atomic E-state index is 12.5. The lowest BCUT2D eigenvalue weighted by molar-refractivity contribution is 0.196. The predicted octanol–water partition coefficient (Wildman–Crippen LogP) is 3.45. The summed E-state index contributed by atoms with van der Waals surface area (Å²) in [6, 6.07) is 19.5. The molecule has 10 nitrogen and oxygen atoms in total. The Hall–Kier alpha value is -3.76. The van der Waals surface area contributed by atoms with E-state index in [-0.39, 0.29) is 5.56 Å². The quantitative estimate of drug-likeness (QED) is 0.263. The van der Waals surface area contributed by atoms with E-state index in [9.17, 15) is 4.79 Å². The van der Waals surface area contributed by atoms with Gasteiger partial charge in [-0.15, -0.1) is 0 Å². The van der Waals surface area contributed by atoms with Crippen molar-refractivity contribution in [1.29, 1.82) is 0 Å². The van der Waals surface area contributed by atoms with Crippen LogP contribution in [-0.2, 0) is 6.54 Å². The Balaban J connectivity index is 0.988. The molecule has 0 amide bonds. The molecule has 3 aromatic rings. The fourth-order valence-corrected chi connectivity index (χ4v) is 5.87. The van der Waals surface area contributed by atoms with Gasteiger partial charge in [0.1, 0.15) is 18.2 Å². The summed E-state index contributed by atoms with van der Waals surface area (Å²) in [6.45, 7) is 11.0. The first-order valence-corrected chi connectivity index (χ1v) is 15.6. The summed E-state index contributed by atoms with van der Waals surface area (Å²) < 4.78 is 18.5. The van der Waals surface area contributed by atoms with Crippen molar-refractivity contribution in [2.45, 2.75) is 25.8 Å². The van der Waals surface area contributed by atoms with Crippen LogP contribution in [0, 0.1) is 0 Å². The number of nitrogens with zero attached hydrogens (tertiary/aromatic N) is 6. The molecule has 0 spiro atoms. The van der Waals surface area contributed by atoms with Gasteiger partial charge in [0.25, 0.3) is 5.56 Å². The van der Waals surface area contributed by atoms with Crippen LogP contribution in [0.2, 0.25) is 0 Å². The molecule has 232 valence electrons. The highest BCUT2D eigenvalue weighted by molar-refractivity contribution is 5.58. The Bertz CT molecular complexity index is 1330. The second kappa shape index (κ2) is 15.6. The lowest BCUT2D eigenvalue weighted by Crippen LogP contribution is -2.48. The van der Waals surface area contributed by atoms with Crippen molar-refractivity contribution in [1.82, 2.24) is 19.6 Å². The van der Waals surface area contributed by atoms with Crippen molar-refractivity contribution in [3.8, 4) is 17.2 Å². The van der Waals surface area contributed by atoms with Crippen LogP contribution >= 0.6 is 0 Å². The minimum atomic E-state index is -0.0247. The molecular weight excluding hydrogens is 544 g/mol. The zero-order valence-corrected chi connectivity index (χ0v) is 25.7. The summed E-state index contributed by atoms with van der Waals surface area (Å²) in [4.78, 5) is 22.2. The highest BCUT2D eigenvalue weighted by Gasteiger charge is 2.20. The molecule has 0 radical (unpaired) electrons. The molecule has 0 bridgehead atoms. The van der Waals surface area contributed by atoms with Crippen LogP contribution in [0.3, 0.4) is 0 Å². The van der Waals surface area contributed by atoms with E-state index in [0.29, 0.717) is 13.2 Å². The minimum Gasteiger partial charge on any atom is -0.495 e. The molecule has 5 rings (SSSR count). The summed E-state index contributed by atoms with van der Waals surface area (Å²) in [5.74, 6) is 3.36. The third-order valence-electron chi connectivity index (χ3n) is 8.43. The van der Waals surface area contributed by atoms with Crippen molar-refractivity contribution >= 4 is 11.5 Å². The Morgan fingerprint density at radius 3 is 1.95 bits per heavy atom. The van der Waals surface area contributed by atoms with E-state index in [1.54, 1.807) is 25.0 Å². The molecule has 2 aliphatic heterocycles. The molecule has 10 heteroatoms. The topological polar surface area (TPSA) is 75.5 Å². The number of aryl methyl sites for hydroxylation is 1. The van der Waals surface area contributed by atoms with Crippen LogP contribution in [-0.4, -0.2) is 106 Å². The zero-order chi connectivity index (χ0) is 29.9. The summed E-state index contributed by atoms with van der Waals surface area (Å²) in [5.41, 5.74) is 1.16. The van der Waals surface area contributed by atoms with E-state index < -0.39 is 0 Å². The smallest absolute Gasteiger partial charge is 0.266 e. The molecule has 0 aliphatic carbocycles. The van der Waals surface area contributed by atoms with Crippen molar-refractivity contribution in [3.63, 3.8) is 0 Å². The standard InChI is InChI=1S/C33H46N6O4/c1-41-29-11-5-4-10-28(29)37-22-18-35(19-23-37)16-8-3-9-17-39-33(40)15-14-32(34-39)38-24-20-36(21-25-38)26-27-43-31-13-7-6-12-30(31)42-2/h4-7,10-15H,3,8-9,16-27H2,1-2H3. The lowest BCUT2D eigenvalue weighted by Gasteiger charge is -2.36. The van der Waals surface area contributed by atoms with Crippen LogP contribution in [0.5, 0.6) is 17.2 Å². The minimum absolute atomic E-state index is 0.0247. The van der Waals surface area contributed by atoms with Gasteiger partial charge in [0.05, 0.1) is 19.9 Å². The van der Waals surface area contributed by atoms with E-state index >= 15 is 0 Å². The van der Waals surface area contributed by atoms with Gasteiger partial charge in [-0.2, -0.15) is 5.10 Å². The SMILES string of the molecule is COc1ccccc1OCCN1CCN(c2ccc(=O)n(CCCCCN3CCN(c4ccccc4OC)CC3)n2)CC1. The first kappa shape index (κ1) is 30.7. The molecule has 2 fully saturated rings. The highest BCUT2D eigenvalue weighted by Crippen LogP contribution is 2.28. The van der Waals surface area contributed by atoms with Gasteiger partial charge >= 0.3 is 0 Å². The average molecular weight is 591 g/mol. The van der Waals surface area contributed by atoms with Crippen molar-refractivity contribution in [2.24, 2.45) is 0 Å². The summed E-state index contributed by atoms with van der Waals surface area (Å²) in [6.07, 6.45) is 3.17. The fourth-order valence-electron chi connectivity index (χ4n) is 5.87. The third-order valence-corrected chi connectivity index (χ3v) is 8.43. The Labute approximate surface area is 255 Å². The van der Waals surface area contributed by atoms with Gasteiger partial charge in [-0.1, -0.05) is 30.7 Å². The van der Waals surface area contributed by atoms with Gasteiger partial charge in [0.2, 0.25) is 0 Å². The van der Waals surface area contributed by atoms with Gasteiger partial charge in [-0.25, -0.2) is 4.68 Å². The molecule has 0 atom stereocenters. The van der Waals surface area contributed by atoms with E-state index in [0.717, 1.165) is 108 Å². The molecular formula is C33H46N6O4. The maximum atomic E-state index is 12.5. The van der Waals surface area contributed by atoms with E-state index in [1.165, 1.54) is 5.69 Å². The number of benzene rings is 2. The Morgan fingerprint density at radius 2 is 1.23 bits per heavy atom. The second-order valence-corrected chi connectivity index (χ2v) is 11.1. The van der Waals surface area contributed by atoms with Gasteiger partial charge in [0.15, 0.2) is 11.5 Å². The predicted molar refractivity (Wildman–Crippen MR) is 171 cm³/mol. The molecule has 0 N–H and O–H groups in total. The molecule has 3 heterocycles. The van der Waals surface area contributed by atoms with Gasteiger partial charge in [0, 0.05) is 71.5 Å². The van der Waals surface area contributed by atoms with Crippen LogP contribution in [0.4, 0.5) is 11.5 Å². The summed E-state index contributed by atoms with van der Waals surface area (Å²) in [5, 5.41) is 4.73. The number of hydrogen-bond acceptors (Lipinski definition) is 9. The number of rotatable bonds is 14. The van der Waals surface area contributed by atoms with Crippen LogP contribution < -0.4 is 29.6 Å². The summed E-state index contributed by atoms with van der Waals surface area (Å²) >= 11 is 0. The number of piperazine rings is 2.